The number of rotatable bonds is 5. The molecule has 1 aromatic rings. The molecule has 1 rings (SSSR count). The number of nitrogens with two attached hydrogens (primary N) is 1. The Hall–Kier alpha value is -0.870. The molecule has 3 nitrogen and oxygen atoms in total. The first-order valence-electron chi connectivity index (χ1n) is 5.59. The Morgan fingerprint density at radius 2 is 2.19 bits per heavy atom. The summed E-state index contributed by atoms with van der Waals surface area (Å²) < 4.78 is 0. The fourth-order valence-electron chi connectivity index (χ4n) is 1.20. The number of nitrogens with one attached hydrogen (secondary N) is 1. The summed E-state index contributed by atoms with van der Waals surface area (Å²) in [6.07, 6.45) is 0. The van der Waals surface area contributed by atoms with Gasteiger partial charge in [-0.15, -0.1) is 11.3 Å². The van der Waals surface area contributed by atoms with E-state index in [4.69, 9.17) is 5.73 Å². The summed E-state index contributed by atoms with van der Waals surface area (Å²) >= 11 is 1.51. The van der Waals surface area contributed by atoms with E-state index >= 15 is 0 Å². The molecular formula is C12H20N2OS. The van der Waals surface area contributed by atoms with Gasteiger partial charge in [-0.05, 0) is 23.3 Å². The van der Waals surface area contributed by atoms with Crippen molar-refractivity contribution in [3.8, 4) is 0 Å². The molecule has 0 aromatic carbocycles. The van der Waals surface area contributed by atoms with Crippen molar-refractivity contribution in [3.63, 3.8) is 0 Å². The van der Waals surface area contributed by atoms with Gasteiger partial charge in [0, 0.05) is 11.4 Å². The third kappa shape index (κ3) is 3.61. The molecule has 0 fully saturated rings. The molecule has 2 unspecified atom stereocenters. The molecule has 0 radical (unpaired) electrons. The highest BCUT2D eigenvalue weighted by atomic mass is 32.1. The minimum atomic E-state index is -0.528. The molecule has 0 saturated heterocycles. The van der Waals surface area contributed by atoms with Crippen molar-refractivity contribution in [1.29, 1.82) is 0 Å². The van der Waals surface area contributed by atoms with Crippen molar-refractivity contribution in [3.05, 3.63) is 22.4 Å². The number of thiophene rings is 1. The van der Waals surface area contributed by atoms with Crippen LogP contribution >= 0.6 is 11.3 Å². The van der Waals surface area contributed by atoms with Crippen LogP contribution in [0.25, 0.3) is 0 Å². The molecule has 90 valence electrons. The molecule has 1 aromatic heterocycles. The summed E-state index contributed by atoms with van der Waals surface area (Å²) in [5.74, 6) is 0.952. The summed E-state index contributed by atoms with van der Waals surface area (Å²) in [5, 5.41) is 4.82. The van der Waals surface area contributed by atoms with Crippen LogP contribution in [-0.2, 0) is 4.79 Å². The monoisotopic (exact) mass is 240 g/mol. The molecule has 1 heterocycles. The first-order valence-corrected chi connectivity index (χ1v) is 6.47. The second-order valence-electron chi connectivity index (χ2n) is 4.46. The van der Waals surface area contributed by atoms with Crippen molar-refractivity contribution in [2.24, 2.45) is 17.6 Å². The zero-order chi connectivity index (χ0) is 12.1. The number of amides is 1. The van der Waals surface area contributed by atoms with Crippen LogP contribution in [0.1, 0.15) is 31.7 Å². The molecule has 0 spiro atoms. The molecule has 0 saturated carbocycles. The average Bonchev–Trinajstić information content (AvgIpc) is 2.77. The van der Waals surface area contributed by atoms with Crippen molar-refractivity contribution >= 4 is 17.2 Å². The third-order valence-corrected chi connectivity index (χ3v) is 3.82. The summed E-state index contributed by atoms with van der Waals surface area (Å²) in [7, 11) is 0. The Balaban J connectivity index is 2.41. The van der Waals surface area contributed by atoms with Gasteiger partial charge in [0.1, 0.15) is 6.04 Å². The van der Waals surface area contributed by atoms with E-state index in [9.17, 15) is 4.79 Å². The molecular weight excluding hydrogens is 220 g/mol. The number of carbonyl (C=O) groups is 1. The van der Waals surface area contributed by atoms with E-state index < -0.39 is 6.04 Å². The van der Waals surface area contributed by atoms with Gasteiger partial charge < -0.3 is 11.1 Å². The fourth-order valence-corrected chi connectivity index (χ4v) is 1.93. The van der Waals surface area contributed by atoms with Crippen LogP contribution in [-0.4, -0.2) is 12.5 Å². The summed E-state index contributed by atoms with van der Waals surface area (Å²) in [4.78, 5) is 12.7. The van der Waals surface area contributed by atoms with E-state index in [0.717, 1.165) is 4.88 Å². The van der Waals surface area contributed by atoms with Crippen LogP contribution in [0.3, 0.4) is 0 Å². The van der Waals surface area contributed by atoms with Gasteiger partial charge in [0.15, 0.2) is 0 Å². The molecule has 0 aliphatic carbocycles. The maximum atomic E-state index is 11.7. The van der Waals surface area contributed by atoms with Crippen LogP contribution < -0.4 is 11.1 Å². The van der Waals surface area contributed by atoms with E-state index in [1.54, 1.807) is 0 Å². The highest BCUT2D eigenvalue weighted by molar-refractivity contribution is 7.10. The van der Waals surface area contributed by atoms with Crippen molar-refractivity contribution in [2.75, 3.05) is 6.54 Å². The normalized spacial score (nSPS) is 14.8. The van der Waals surface area contributed by atoms with E-state index in [-0.39, 0.29) is 5.91 Å². The maximum absolute atomic E-state index is 11.7. The van der Waals surface area contributed by atoms with Gasteiger partial charge in [0.2, 0.25) is 5.91 Å². The van der Waals surface area contributed by atoms with Crippen LogP contribution in [0.4, 0.5) is 0 Å². The molecule has 0 aliphatic rings. The van der Waals surface area contributed by atoms with E-state index in [1.807, 2.05) is 17.5 Å². The van der Waals surface area contributed by atoms with Gasteiger partial charge >= 0.3 is 0 Å². The van der Waals surface area contributed by atoms with E-state index in [1.165, 1.54) is 11.3 Å². The number of hydrogen-bond donors (Lipinski definition) is 2. The highest BCUT2D eigenvalue weighted by Gasteiger charge is 2.17. The quantitative estimate of drug-likeness (QED) is 0.828. The molecule has 0 aliphatic heterocycles. The first kappa shape index (κ1) is 13.2. The molecule has 2 atom stereocenters. The van der Waals surface area contributed by atoms with Gasteiger partial charge in [-0.3, -0.25) is 4.79 Å². The Morgan fingerprint density at radius 3 is 2.69 bits per heavy atom. The molecule has 4 heteroatoms. The summed E-state index contributed by atoms with van der Waals surface area (Å²) in [6.45, 7) is 7.11. The van der Waals surface area contributed by atoms with Gasteiger partial charge in [-0.1, -0.05) is 26.8 Å². The molecule has 1 amide bonds. The maximum Gasteiger partial charge on any atom is 0.242 e. The van der Waals surface area contributed by atoms with Crippen molar-refractivity contribution in [2.45, 2.75) is 26.8 Å². The lowest BCUT2D eigenvalue weighted by atomic mass is 9.98. The summed E-state index contributed by atoms with van der Waals surface area (Å²) in [5.41, 5.74) is 5.84. The zero-order valence-electron chi connectivity index (χ0n) is 10.1. The van der Waals surface area contributed by atoms with Crippen LogP contribution in [0.5, 0.6) is 0 Å². The van der Waals surface area contributed by atoms with Crippen LogP contribution in [0.2, 0.25) is 0 Å². The van der Waals surface area contributed by atoms with Crippen LogP contribution in [0.15, 0.2) is 17.5 Å². The molecule has 16 heavy (non-hydrogen) atoms. The van der Waals surface area contributed by atoms with Gasteiger partial charge in [0.05, 0.1) is 0 Å². The Morgan fingerprint density at radius 1 is 1.50 bits per heavy atom. The SMILES string of the molecule is CC(C)C(C)CNC(=O)C(N)c1cccs1. The lowest BCUT2D eigenvalue weighted by Crippen LogP contribution is -2.37. The molecule has 0 bridgehead atoms. The largest absolute Gasteiger partial charge is 0.354 e. The Labute approximate surface area is 101 Å². The predicted octanol–water partition coefficient (Wildman–Crippen LogP) is 2.16. The standard InChI is InChI=1S/C12H20N2OS/c1-8(2)9(3)7-14-12(15)11(13)10-5-4-6-16-10/h4-6,8-9,11H,7,13H2,1-3H3,(H,14,15). The minimum Gasteiger partial charge on any atom is -0.354 e. The van der Waals surface area contributed by atoms with Gasteiger partial charge in [-0.2, -0.15) is 0 Å². The lowest BCUT2D eigenvalue weighted by Gasteiger charge is -2.17. The molecule has 3 N–H and O–H groups in total. The fraction of sp³-hybridized carbons (Fsp3) is 0.583. The van der Waals surface area contributed by atoms with Gasteiger partial charge in [-0.25, -0.2) is 0 Å². The first-order chi connectivity index (χ1) is 7.52. The smallest absolute Gasteiger partial charge is 0.242 e. The minimum absolute atomic E-state index is 0.0880. The van der Waals surface area contributed by atoms with Gasteiger partial charge in [0.25, 0.3) is 0 Å². The second-order valence-corrected chi connectivity index (χ2v) is 5.44. The number of carbonyl (C=O) groups excluding carboxylic acids is 1. The Kier molecular flexibility index (Phi) is 4.96. The lowest BCUT2D eigenvalue weighted by molar-refractivity contribution is -0.122. The van der Waals surface area contributed by atoms with Crippen molar-refractivity contribution < 1.29 is 4.79 Å². The number of hydrogen-bond acceptors (Lipinski definition) is 3. The third-order valence-electron chi connectivity index (χ3n) is 2.87. The zero-order valence-corrected chi connectivity index (χ0v) is 10.9. The second kappa shape index (κ2) is 6.01. The highest BCUT2D eigenvalue weighted by Crippen LogP contribution is 2.17. The predicted molar refractivity (Wildman–Crippen MR) is 68.3 cm³/mol. The average molecular weight is 240 g/mol. The van der Waals surface area contributed by atoms with E-state index in [0.29, 0.717) is 18.4 Å². The van der Waals surface area contributed by atoms with Crippen LogP contribution in [0, 0.1) is 11.8 Å². The summed E-state index contributed by atoms with van der Waals surface area (Å²) in [6, 6.07) is 3.27. The van der Waals surface area contributed by atoms with E-state index in [2.05, 4.69) is 26.1 Å². The Bertz CT molecular complexity index is 322. The van der Waals surface area contributed by atoms with Crippen molar-refractivity contribution in [1.82, 2.24) is 5.32 Å². The topological polar surface area (TPSA) is 55.1 Å².